The van der Waals surface area contributed by atoms with Gasteiger partial charge in [0.1, 0.15) is 0 Å². The van der Waals surface area contributed by atoms with Crippen LogP contribution in [0.1, 0.15) is 25.7 Å². The fourth-order valence-electron chi connectivity index (χ4n) is 1.27. The highest BCUT2D eigenvalue weighted by atomic mass is 32.2. The van der Waals surface area contributed by atoms with E-state index in [1.165, 1.54) is 18.6 Å². The maximum atomic E-state index is 11.5. The predicted molar refractivity (Wildman–Crippen MR) is 76.2 cm³/mol. The van der Waals surface area contributed by atoms with E-state index in [-0.39, 0.29) is 11.9 Å². The summed E-state index contributed by atoms with van der Waals surface area (Å²) in [7, 11) is 0. The molecule has 0 unspecified atom stereocenters. The van der Waals surface area contributed by atoms with Gasteiger partial charge in [-0.2, -0.15) is 23.5 Å². The third kappa shape index (κ3) is 9.36. The van der Waals surface area contributed by atoms with E-state index in [9.17, 15) is 4.79 Å². The third-order valence-corrected chi connectivity index (χ3v) is 3.64. The van der Waals surface area contributed by atoms with Crippen LogP contribution in [0.5, 0.6) is 0 Å². The van der Waals surface area contributed by atoms with Crippen molar-refractivity contribution in [2.24, 2.45) is 5.73 Å². The number of rotatable bonds is 10. The van der Waals surface area contributed by atoms with Gasteiger partial charge >= 0.3 is 0 Å². The molecule has 3 nitrogen and oxygen atoms in total. The summed E-state index contributed by atoms with van der Waals surface area (Å²) < 4.78 is 0. The maximum Gasteiger partial charge on any atom is 0.236 e. The predicted octanol–water partition coefficient (Wildman–Crippen LogP) is 1.72. The van der Waals surface area contributed by atoms with E-state index in [2.05, 4.69) is 11.6 Å². The summed E-state index contributed by atoms with van der Waals surface area (Å²) in [6.07, 6.45) is 8.38. The molecule has 0 aromatic carbocycles. The van der Waals surface area contributed by atoms with Crippen LogP contribution in [0.15, 0.2) is 0 Å². The first-order chi connectivity index (χ1) is 7.72. The minimum atomic E-state index is -0.335. The quantitative estimate of drug-likeness (QED) is 0.590. The Bertz CT molecular complexity index is 179. The maximum absolute atomic E-state index is 11.5. The second-order valence-electron chi connectivity index (χ2n) is 3.73. The van der Waals surface area contributed by atoms with Crippen LogP contribution in [0.2, 0.25) is 0 Å². The number of carbonyl (C=O) groups excluding carboxylic acids is 1. The molecule has 0 aromatic heterocycles. The molecule has 1 amide bonds. The first-order valence-electron chi connectivity index (χ1n) is 5.73. The minimum Gasteiger partial charge on any atom is -0.355 e. The Balaban J connectivity index is 3.35. The van der Waals surface area contributed by atoms with Crippen molar-refractivity contribution in [2.45, 2.75) is 31.7 Å². The lowest BCUT2D eigenvalue weighted by Gasteiger charge is -2.11. The van der Waals surface area contributed by atoms with Gasteiger partial charge in [-0.1, -0.05) is 6.42 Å². The van der Waals surface area contributed by atoms with E-state index in [1.54, 1.807) is 11.8 Å². The second kappa shape index (κ2) is 11.6. The lowest BCUT2D eigenvalue weighted by atomic mass is 10.2. The lowest BCUT2D eigenvalue weighted by Crippen LogP contribution is -2.41. The summed E-state index contributed by atoms with van der Waals surface area (Å²) in [5.74, 6) is 2.16. The van der Waals surface area contributed by atoms with Gasteiger partial charge in [-0.3, -0.25) is 4.79 Å². The highest BCUT2D eigenvalue weighted by molar-refractivity contribution is 7.98. The normalized spacial score (nSPS) is 12.4. The number of thioether (sulfide) groups is 2. The SMILES string of the molecule is CSCCCCCNC(=O)[C@@H](N)CCSC. The molecule has 0 rings (SSSR count). The fraction of sp³-hybridized carbons (Fsp3) is 0.909. The Hall–Kier alpha value is 0.130. The average Bonchev–Trinajstić information content (AvgIpc) is 2.30. The van der Waals surface area contributed by atoms with Crippen molar-refractivity contribution in [1.82, 2.24) is 5.32 Å². The molecular formula is C11H24N2OS2. The number of nitrogens with one attached hydrogen (secondary N) is 1. The summed E-state index contributed by atoms with van der Waals surface area (Å²) in [6, 6.07) is -0.335. The third-order valence-electron chi connectivity index (χ3n) is 2.29. The van der Waals surface area contributed by atoms with Crippen molar-refractivity contribution in [3.05, 3.63) is 0 Å². The molecule has 0 heterocycles. The molecule has 16 heavy (non-hydrogen) atoms. The molecular weight excluding hydrogens is 240 g/mol. The first kappa shape index (κ1) is 16.1. The summed E-state index contributed by atoms with van der Waals surface area (Å²) in [4.78, 5) is 11.5. The molecule has 0 aromatic rings. The summed E-state index contributed by atoms with van der Waals surface area (Å²) in [5.41, 5.74) is 5.74. The second-order valence-corrected chi connectivity index (χ2v) is 5.70. The van der Waals surface area contributed by atoms with Gasteiger partial charge in [0.25, 0.3) is 0 Å². The number of amides is 1. The Morgan fingerprint density at radius 3 is 2.50 bits per heavy atom. The van der Waals surface area contributed by atoms with Crippen molar-refractivity contribution in [3.63, 3.8) is 0 Å². The molecule has 0 aliphatic heterocycles. The molecule has 0 bridgehead atoms. The van der Waals surface area contributed by atoms with Crippen molar-refractivity contribution < 1.29 is 4.79 Å². The van der Waals surface area contributed by atoms with Crippen molar-refractivity contribution in [2.75, 3.05) is 30.6 Å². The van der Waals surface area contributed by atoms with Gasteiger partial charge in [-0.25, -0.2) is 0 Å². The Morgan fingerprint density at radius 2 is 1.88 bits per heavy atom. The standard InChI is InChI=1S/C11H24N2OS2/c1-15-8-5-3-4-7-13-11(14)10(12)6-9-16-2/h10H,3-9,12H2,1-2H3,(H,13,14)/t10-/m0/s1. The average molecular weight is 264 g/mol. The van der Waals surface area contributed by atoms with Crippen LogP contribution in [0, 0.1) is 0 Å². The van der Waals surface area contributed by atoms with Gasteiger partial charge in [0.05, 0.1) is 6.04 Å². The molecule has 1 atom stereocenters. The highest BCUT2D eigenvalue weighted by Gasteiger charge is 2.11. The number of unbranched alkanes of at least 4 members (excludes halogenated alkanes) is 2. The Labute approximate surface area is 108 Å². The van der Waals surface area contributed by atoms with Crippen molar-refractivity contribution in [3.8, 4) is 0 Å². The smallest absolute Gasteiger partial charge is 0.236 e. The molecule has 0 saturated carbocycles. The molecule has 0 aliphatic carbocycles. The number of hydrogen-bond donors (Lipinski definition) is 2. The molecule has 96 valence electrons. The molecule has 5 heteroatoms. The first-order valence-corrected chi connectivity index (χ1v) is 8.52. The van der Waals surface area contributed by atoms with Crippen LogP contribution < -0.4 is 11.1 Å². The van der Waals surface area contributed by atoms with Crippen LogP contribution in [0.25, 0.3) is 0 Å². The van der Waals surface area contributed by atoms with Gasteiger partial charge < -0.3 is 11.1 Å². The van der Waals surface area contributed by atoms with E-state index >= 15 is 0 Å². The lowest BCUT2D eigenvalue weighted by molar-refractivity contribution is -0.122. The van der Waals surface area contributed by atoms with Crippen molar-refractivity contribution in [1.29, 1.82) is 0 Å². The Kier molecular flexibility index (Phi) is 11.7. The van der Waals surface area contributed by atoms with Gasteiger partial charge in [0, 0.05) is 6.54 Å². The zero-order chi connectivity index (χ0) is 12.2. The zero-order valence-corrected chi connectivity index (χ0v) is 12.0. The number of hydrogen-bond acceptors (Lipinski definition) is 4. The molecule has 0 aliphatic rings. The van der Waals surface area contributed by atoms with E-state index in [0.717, 1.165) is 25.1 Å². The number of carbonyl (C=O) groups is 1. The van der Waals surface area contributed by atoms with E-state index in [0.29, 0.717) is 0 Å². The van der Waals surface area contributed by atoms with Gasteiger partial charge in [0.15, 0.2) is 0 Å². The van der Waals surface area contributed by atoms with E-state index in [1.807, 2.05) is 18.0 Å². The van der Waals surface area contributed by atoms with Gasteiger partial charge in [-0.05, 0) is 43.3 Å². The molecule has 0 saturated heterocycles. The molecule has 0 fully saturated rings. The van der Waals surface area contributed by atoms with Crippen LogP contribution in [-0.4, -0.2) is 42.5 Å². The Morgan fingerprint density at radius 1 is 1.19 bits per heavy atom. The summed E-state index contributed by atoms with van der Waals surface area (Å²) >= 11 is 3.59. The van der Waals surface area contributed by atoms with Gasteiger partial charge in [-0.15, -0.1) is 0 Å². The highest BCUT2D eigenvalue weighted by Crippen LogP contribution is 2.02. The van der Waals surface area contributed by atoms with Gasteiger partial charge in [0.2, 0.25) is 5.91 Å². The fourth-order valence-corrected chi connectivity index (χ4v) is 2.25. The van der Waals surface area contributed by atoms with E-state index in [4.69, 9.17) is 5.73 Å². The molecule has 3 N–H and O–H groups in total. The summed E-state index contributed by atoms with van der Waals surface area (Å²) in [5, 5.41) is 2.89. The monoisotopic (exact) mass is 264 g/mol. The topological polar surface area (TPSA) is 55.1 Å². The number of nitrogens with two attached hydrogens (primary N) is 1. The largest absolute Gasteiger partial charge is 0.355 e. The van der Waals surface area contributed by atoms with Crippen LogP contribution in [0.3, 0.4) is 0 Å². The summed E-state index contributed by atoms with van der Waals surface area (Å²) in [6.45, 7) is 0.764. The van der Waals surface area contributed by atoms with Crippen LogP contribution in [-0.2, 0) is 4.79 Å². The molecule has 0 radical (unpaired) electrons. The van der Waals surface area contributed by atoms with Crippen molar-refractivity contribution >= 4 is 29.4 Å². The molecule has 0 spiro atoms. The zero-order valence-electron chi connectivity index (χ0n) is 10.3. The minimum absolute atomic E-state index is 0.00100. The van der Waals surface area contributed by atoms with E-state index < -0.39 is 0 Å². The van der Waals surface area contributed by atoms with Crippen LogP contribution >= 0.6 is 23.5 Å². The van der Waals surface area contributed by atoms with Crippen LogP contribution in [0.4, 0.5) is 0 Å².